The summed E-state index contributed by atoms with van der Waals surface area (Å²) in [5.41, 5.74) is 2.85. The summed E-state index contributed by atoms with van der Waals surface area (Å²) < 4.78 is 33.3. The Bertz CT molecular complexity index is 1200. The molecular weight excluding hydrogens is 534 g/mol. The number of benzene rings is 2. The first kappa shape index (κ1) is 27.3. The second kappa shape index (κ2) is 11.2. The van der Waals surface area contributed by atoms with E-state index in [2.05, 4.69) is 0 Å². The second-order valence-corrected chi connectivity index (χ2v) is 8.70. The molecule has 0 aromatic heterocycles. The fourth-order valence-corrected chi connectivity index (χ4v) is 4.76. The van der Waals surface area contributed by atoms with Gasteiger partial charge >= 0.3 is 5.97 Å². The van der Waals surface area contributed by atoms with Crippen molar-refractivity contribution in [2.75, 3.05) is 55.4 Å². The van der Waals surface area contributed by atoms with Crippen molar-refractivity contribution in [3.05, 3.63) is 46.5 Å². The molecule has 2 heterocycles. The largest absolute Gasteiger partial charge is 1.00 e. The number of carbonyl (C=O) groups excluding carboxylic acids is 2. The van der Waals surface area contributed by atoms with Gasteiger partial charge in [-0.05, 0) is 23.8 Å². The minimum absolute atomic E-state index is 0. The number of allylic oxidation sites excluding steroid dienone is 1. The third-order valence-corrected chi connectivity index (χ3v) is 6.46. The average Bonchev–Trinajstić information content (AvgIpc) is 3.34. The number of halogens is 1. The van der Waals surface area contributed by atoms with Crippen LogP contribution in [0.4, 0.5) is 0 Å². The molecule has 0 saturated carbocycles. The number of methoxy groups -OCH3 is 4. The van der Waals surface area contributed by atoms with Gasteiger partial charge in [0, 0.05) is 12.0 Å². The van der Waals surface area contributed by atoms with Gasteiger partial charge in [-0.3, -0.25) is 4.79 Å². The van der Waals surface area contributed by atoms with E-state index in [1.165, 1.54) is 13.2 Å². The van der Waals surface area contributed by atoms with Gasteiger partial charge in [0.25, 0.3) is 0 Å². The van der Waals surface area contributed by atoms with E-state index in [0.29, 0.717) is 63.9 Å². The highest BCUT2D eigenvalue weighted by Crippen LogP contribution is 2.50. The van der Waals surface area contributed by atoms with Crippen LogP contribution in [0.25, 0.3) is 6.08 Å². The normalized spacial score (nSPS) is 17.7. The van der Waals surface area contributed by atoms with Crippen LogP contribution in [0, 0.1) is 0 Å². The van der Waals surface area contributed by atoms with Crippen LogP contribution in [0.15, 0.2) is 24.3 Å². The molecule has 0 aliphatic carbocycles. The molecule has 0 radical (unpaired) electrons. The Morgan fingerprint density at radius 2 is 1.72 bits per heavy atom. The molecule has 36 heavy (non-hydrogen) atoms. The predicted molar refractivity (Wildman–Crippen MR) is 127 cm³/mol. The number of esters is 1. The van der Waals surface area contributed by atoms with Crippen LogP contribution >= 0.6 is 0 Å². The monoisotopic (exact) mass is 563 g/mol. The van der Waals surface area contributed by atoms with Crippen LogP contribution in [0.1, 0.15) is 27.0 Å². The number of hydrogen-bond donors (Lipinski definition) is 0. The van der Waals surface area contributed by atoms with E-state index >= 15 is 0 Å². The van der Waals surface area contributed by atoms with Gasteiger partial charge in [-0.25, -0.2) is 4.79 Å². The Labute approximate surface area is 220 Å². The second-order valence-electron chi connectivity index (χ2n) is 8.70. The smallest absolute Gasteiger partial charge is 0.361 e. The van der Waals surface area contributed by atoms with Crippen LogP contribution < -0.4 is 40.7 Å². The highest BCUT2D eigenvalue weighted by Gasteiger charge is 2.40. The number of rotatable bonds is 8. The Kier molecular flexibility index (Phi) is 8.52. The van der Waals surface area contributed by atoms with E-state index in [-0.39, 0.29) is 42.1 Å². The van der Waals surface area contributed by atoms with Gasteiger partial charge in [-0.2, -0.15) is 0 Å². The van der Waals surface area contributed by atoms with Gasteiger partial charge in [-0.15, -0.1) is 0 Å². The Morgan fingerprint density at radius 3 is 2.39 bits per heavy atom. The molecule has 2 aromatic carbocycles. The molecule has 4 rings (SSSR count). The minimum Gasteiger partial charge on any atom is -1.00 e. The van der Waals surface area contributed by atoms with Crippen LogP contribution in [-0.2, 0) is 22.5 Å². The molecule has 0 saturated heterocycles. The van der Waals surface area contributed by atoms with Gasteiger partial charge in [0.15, 0.2) is 35.3 Å². The highest BCUT2D eigenvalue weighted by molar-refractivity contribution is 6.11. The van der Waals surface area contributed by atoms with Crippen molar-refractivity contribution in [3.63, 3.8) is 0 Å². The zero-order chi connectivity index (χ0) is 25.2. The summed E-state index contributed by atoms with van der Waals surface area (Å²) in [7, 11) is 8.05. The number of nitrogens with zero attached hydrogens (tertiary/aromatic N) is 1. The third-order valence-electron chi connectivity index (χ3n) is 6.46. The molecule has 9 nitrogen and oxygen atoms in total. The summed E-state index contributed by atoms with van der Waals surface area (Å²) in [6, 6.07) is 5.46. The van der Waals surface area contributed by atoms with Crippen LogP contribution in [0.3, 0.4) is 0 Å². The molecule has 2 aliphatic rings. The van der Waals surface area contributed by atoms with E-state index in [0.717, 1.165) is 11.1 Å². The Balaban J connectivity index is 0.00000361. The molecule has 194 valence electrons. The highest BCUT2D eigenvalue weighted by atomic mass is 79.9. The summed E-state index contributed by atoms with van der Waals surface area (Å²) in [5.74, 6) is 1.93. The maximum absolute atomic E-state index is 13.6. The topological polar surface area (TPSA) is 89.5 Å². The van der Waals surface area contributed by atoms with Crippen molar-refractivity contribution < 1.29 is 59.5 Å². The van der Waals surface area contributed by atoms with Gasteiger partial charge in [0.05, 0.1) is 53.2 Å². The molecular formula is C26H30BrNO8. The number of carbonyl (C=O) groups is 2. The first-order chi connectivity index (χ1) is 16.9. The number of hydrogen-bond acceptors (Lipinski definition) is 8. The lowest BCUT2D eigenvalue weighted by atomic mass is 9.88. The SMILES string of the molecule is COC(=O)C[N+]1(C)CCc2c(c(OC)c3c(c2C(=O)/C=C/c2cccc(OC)c2OC)OCO3)C1.[Br-]. The maximum atomic E-state index is 13.6. The number of fused-ring (bicyclic) bond motifs is 2. The molecule has 0 N–H and O–H groups in total. The van der Waals surface area contributed by atoms with Crippen molar-refractivity contribution in [1.29, 1.82) is 0 Å². The predicted octanol–water partition coefficient (Wildman–Crippen LogP) is 0.0169. The van der Waals surface area contributed by atoms with Crippen LogP contribution in [0.5, 0.6) is 28.7 Å². The quantitative estimate of drug-likeness (QED) is 0.192. The molecule has 1 atom stereocenters. The average molecular weight is 564 g/mol. The standard InChI is InChI=1S/C26H30NO8.BrH/c1-27(14-21(29)31-3)12-11-17-18(13-27)24(33-5)26-25(34-15-35-26)22(17)19(28)10-9-16-7-6-8-20(30-2)23(16)32-4;/h6-10H,11-15H2,1-5H3;1H/q+1;/p-1/b10-9+;. The van der Waals surface area contributed by atoms with Crippen molar-refractivity contribution in [1.82, 2.24) is 0 Å². The van der Waals surface area contributed by atoms with E-state index in [4.69, 9.17) is 28.4 Å². The summed E-state index contributed by atoms with van der Waals surface area (Å²) in [4.78, 5) is 25.6. The fraction of sp³-hybridized carbons (Fsp3) is 0.385. The van der Waals surface area contributed by atoms with Crippen molar-refractivity contribution >= 4 is 17.8 Å². The molecule has 2 aromatic rings. The number of ether oxygens (including phenoxy) is 6. The summed E-state index contributed by atoms with van der Waals surface area (Å²) in [6.45, 7) is 1.35. The van der Waals surface area contributed by atoms with Crippen LogP contribution in [-0.4, -0.2) is 71.6 Å². The third kappa shape index (κ3) is 5.01. The number of quaternary nitrogens is 1. The van der Waals surface area contributed by atoms with Gasteiger partial charge in [0.1, 0.15) is 6.54 Å². The molecule has 0 spiro atoms. The Hall–Kier alpha value is -3.24. The van der Waals surface area contributed by atoms with Gasteiger partial charge in [-0.1, -0.05) is 12.1 Å². The van der Waals surface area contributed by atoms with E-state index in [1.807, 2.05) is 19.2 Å². The molecule has 0 bridgehead atoms. The van der Waals surface area contributed by atoms with E-state index < -0.39 is 0 Å². The molecule has 0 fully saturated rings. The zero-order valence-corrected chi connectivity index (χ0v) is 22.6. The fourth-order valence-electron chi connectivity index (χ4n) is 4.76. The van der Waals surface area contributed by atoms with Crippen molar-refractivity contribution in [3.8, 4) is 28.7 Å². The molecule has 0 amide bonds. The summed E-state index contributed by atoms with van der Waals surface area (Å²) in [6.07, 6.45) is 3.76. The van der Waals surface area contributed by atoms with Crippen molar-refractivity contribution in [2.24, 2.45) is 0 Å². The zero-order valence-electron chi connectivity index (χ0n) is 21.0. The number of para-hydroxylation sites is 1. The van der Waals surface area contributed by atoms with Gasteiger partial charge < -0.3 is 49.9 Å². The lowest BCUT2D eigenvalue weighted by molar-refractivity contribution is -0.917. The molecule has 10 heteroatoms. The summed E-state index contributed by atoms with van der Waals surface area (Å²) in [5, 5.41) is 0. The number of ketones is 1. The maximum Gasteiger partial charge on any atom is 0.361 e. The van der Waals surface area contributed by atoms with E-state index in [9.17, 15) is 9.59 Å². The molecule has 2 aliphatic heterocycles. The first-order valence-corrected chi connectivity index (χ1v) is 11.2. The molecule has 1 unspecified atom stereocenters. The minimum atomic E-state index is -0.290. The van der Waals surface area contributed by atoms with Gasteiger partial charge in [0.2, 0.25) is 12.5 Å². The van der Waals surface area contributed by atoms with Crippen molar-refractivity contribution in [2.45, 2.75) is 13.0 Å². The summed E-state index contributed by atoms with van der Waals surface area (Å²) >= 11 is 0. The van der Waals surface area contributed by atoms with E-state index in [1.54, 1.807) is 33.5 Å². The number of likely N-dealkylation sites (N-methyl/N-ethyl adjacent to an activating group) is 1. The lowest BCUT2D eigenvalue weighted by Crippen LogP contribution is -3.00. The lowest BCUT2D eigenvalue weighted by Gasteiger charge is -2.38. The Morgan fingerprint density at radius 1 is 1.00 bits per heavy atom. The van der Waals surface area contributed by atoms with Crippen LogP contribution in [0.2, 0.25) is 0 Å². The first-order valence-electron chi connectivity index (χ1n) is 11.2.